The van der Waals surface area contributed by atoms with Gasteiger partial charge in [0.25, 0.3) is 0 Å². The molecule has 0 unspecified atom stereocenters. The van der Waals surface area contributed by atoms with Crippen molar-refractivity contribution in [3.63, 3.8) is 0 Å². The Balaban J connectivity index is 1.11. The third-order valence-corrected chi connectivity index (χ3v) is 12.8. The van der Waals surface area contributed by atoms with Gasteiger partial charge in [-0.2, -0.15) is 0 Å². The highest BCUT2D eigenvalue weighted by atomic mass is 15.0. The van der Waals surface area contributed by atoms with E-state index in [0.29, 0.717) is 0 Å². The number of anilines is 1. The van der Waals surface area contributed by atoms with Crippen LogP contribution in [0.3, 0.4) is 0 Å². The molecule has 10 aromatic rings. The van der Waals surface area contributed by atoms with Crippen molar-refractivity contribution < 1.29 is 0 Å². The zero-order chi connectivity index (χ0) is 41.1. The molecule has 2 heteroatoms. The molecular weight excluding hydrogens is 737 g/mol. The van der Waals surface area contributed by atoms with E-state index in [2.05, 4.69) is 237 Å². The Bertz CT molecular complexity index is 3210. The normalized spacial score (nSPS) is 12.6. The van der Waals surface area contributed by atoms with Gasteiger partial charge in [-0.25, -0.2) is 0 Å². The monoisotopic (exact) mass is 780 g/mol. The Hall–Kier alpha value is -7.68. The van der Waals surface area contributed by atoms with E-state index in [9.17, 15) is 0 Å². The average molecular weight is 781 g/mol. The first-order valence-corrected chi connectivity index (χ1v) is 21.1. The molecule has 0 aliphatic heterocycles. The Morgan fingerprint density at radius 2 is 0.820 bits per heavy atom. The molecule has 0 atom stereocenters. The number of nitrogens with two attached hydrogens (primary N) is 1. The minimum Gasteiger partial charge on any atom is -0.398 e. The molecule has 0 radical (unpaired) electrons. The molecule has 1 aliphatic rings. The third-order valence-electron chi connectivity index (χ3n) is 12.8. The van der Waals surface area contributed by atoms with Gasteiger partial charge in [-0.05, 0) is 103 Å². The Labute approximate surface area is 357 Å². The minimum atomic E-state index is -0.207. The molecule has 9 aromatic carbocycles. The number of para-hydroxylation sites is 1. The van der Waals surface area contributed by atoms with Gasteiger partial charge < -0.3 is 10.3 Å². The van der Waals surface area contributed by atoms with Gasteiger partial charge in [0.2, 0.25) is 0 Å². The highest BCUT2D eigenvalue weighted by Crippen LogP contribution is 2.55. The van der Waals surface area contributed by atoms with Crippen molar-refractivity contribution in [2.45, 2.75) is 19.3 Å². The summed E-state index contributed by atoms with van der Waals surface area (Å²) in [5.41, 5.74) is 29.1. The summed E-state index contributed by atoms with van der Waals surface area (Å²) in [7, 11) is 0. The molecule has 1 aliphatic carbocycles. The van der Waals surface area contributed by atoms with Crippen molar-refractivity contribution in [2.75, 3.05) is 5.73 Å². The fourth-order valence-electron chi connectivity index (χ4n) is 9.81. The lowest BCUT2D eigenvalue weighted by Crippen LogP contribution is -2.14. The average Bonchev–Trinajstić information content (AvgIpc) is 3.79. The maximum atomic E-state index is 7.07. The van der Waals surface area contributed by atoms with Crippen LogP contribution in [0.2, 0.25) is 0 Å². The van der Waals surface area contributed by atoms with E-state index < -0.39 is 0 Å². The van der Waals surface area contributed by atoms with Crippen LogP contribution in [0.15, 0.2) is 218 Å². The summed E-state index contributed by atoms with van der Waals surface area (Å²) in [4.78, 5) is 0. The van der Waals surface area contributed by atoms with E-state index in [4.69, 9.17) is 5.73 Å². The molecule has 61 heavy (non-hydrogen) atoms. The van der Waals surface area contributed by atoms with Crippen LogP contribution in [0.25, 0.3) is 94.6 Å². The summed E-state index contributed by atoms with van der Waals surface area (Å²) in [5.74, 6) is 0. The summed E-state index contributed by atoms with van der Waals surface area (Å²) < 4.78 is 2.49. The van der Waals surface area contributed by atoms with Crippen molar-refractivity contribution in [1.29, 1.82) is 0 Å². The largest absolute Gasteiger partial charge is 0.398 e. The first kappa shape index (κ1) is 36.4. The second-order valence-electron chi connectivity index (χ2n) is 16.7. The van der Waals surface area contributed by atoms with E-state index >= 15 is 0 Å². The van der Waals surface area contributed by atoms with Crippen LogP contribution in [0.1, 0.15) is 25.0 Å². The molecule has 2 N–H and O–H groups in total. The Kier molecular flexibility index (Phi) is 8.68. The smallest absolute Gasteiger partial charge is 0.0585 e. The standard InChI is InChI=1S/C59H44N2/c1-59(2)52-36-32-47(38-51(52)58-57(59)50-20-12-13-21-54(50)61(58)48-33-30-44(31-34-48)41-18-10-5-11-19-41)49-35-37-53(60)56(46-28-24-43(25-29-46)40-16-8-4-9-17-40)55(49)45-26-22-42(23-27-45)39-14-6-3-7-15-39/h3-38H,60H2,1-2H3. The fraction of sp³-hybridized carbons (Fsp3) is 0.0508. The first-order valence-electron chi connectivity index (χ1n) is 21.1. The van der Waals surface area contributed by atoms with Crippen molar-refractivity contribution in [2.24, 2.45) is 0 Å². The van der Waals surface area contributed by atoms with Gasteiger partial charge in [0.05, 0.1) is 11.2 Å². The van der Waals surface area contributed by atoms with Gasteiger partial charge in [-0.15, -0.1) is 0 Å². The Morgan fingerprint density at radius 3 is 1.38 bits per heavy atom. The van der Waals surface area contributed by atoms with Gasteiger partial charge in [0.15, 0.2) is 0 Å². The number of rotatable bonds is 7. The van der Waals surface area contributed by atoms with Crippen molar-refractivity contribution in [3.05, 3.63) is 230 Å². The maximum absolute atomic E-state index is 7.07. The van der Waals surface area contributed by atoms with Crippen LogP contribution < -0.4 is 5.73 Å². The highest BCUT2D eigenvalue weighted by molar-refractivity contribution is 6.03. The molecule has 0 spiro atoms. The highest BCUT2D eigenvalue weighted by Gasteiger charge is 2.41. The number of hydrogen-bond donors (Lipinski definition) is 1. The zero-order valence-electron chi connectivity index (χ0n) is 34.3. The first-order chi connectivity index (χ1) is 29.9. The number of aromatic nitrogens is 1. The lowest BCUT2D eigenvalue weighted by molar-refractivity contribution is 0.666. The molecular formula is C59H44N2. The van der Waals surface area contributed by atoms with Crippen molar-refractivity contribution in [1.82, 2.24) is 4.57 Å². The summed E-state index contributed by atoms with van der Waals surface area (Å²) in [6.45, 7) is 4.76. The predicted molar refractivity (Wildman–Crippen MR) is 258 cm³/mol. The summed E-state index contributed by atoms with van der Waals surface area (Å²) in [5, 5.41) is 1.29. The quantitative estimate of drug-likeness (QED) is 0.160. The predicted octanol–water partition coefficient (Wildman–Crippen LogP) is 15.5. The molecule has 1 aromatic heterocycles. The number of nitrogens with zero attached hydrogens (tertiary/aromatic N) is 1. The summed E-state index contributed by atoms with van der Waals surface area (Å²) in [6, 6.07) is 79.0. The Morgan fingerprint density at radius 1 is 0.377 bits per heavy atom. The van der Waals surface area contributed by atoms with E-state index in [1.54, 1.807) is 0 Å². The van der Waals surface area contributed by atoms with Crippen LogP contribution in [0, 0.1) is 0 Å². The van der Waals surface area contributed by atoms with Gasteiger partial charge in [-0.3, -0.25) is 0 Å². The lowest BCUT2D eigenvalue weighted by atomic mass is 9.80. The van der Waals surface area contributed by atoms with Gasteiger partial charge in [-0.1, -0.05) is 202 Å². The number of benzene rings is 9. The number of hydrogen-bond acceptors (Lipinski definition) is 1. The minimum absolute atomic E-state index is 0.207. The van der Waals surface area contributed by atoms with Crippen LogP contribution in [-0.2, 0) is 5.41 Å². The second-order valence-corrected chi connectivity index (χ2v) is 16.7. The zero-order valence-corrected chi connectivity index (χ0v) is 34.3. The van der Waals surface area contributed by atoms with Gasteiger partial charge in [0, 0.05) is 33.3 Å². The van der Waals surface area contributed by atoms with Crippen LogP contribution in [0.4, 0.5) is 5.69 Å². The molecule has 0 saturated heterocycles. The van der Waals surface area contributed by atoms with Crippen LogP contribution in [-0.4, -0.2) is 4.57 Å². The molecule has 11 rings (SSSR count). The second kappa shape index (κ2) is 14.5. The number of nitrogen functional groups attached to an aromatic ring is 1. The van der Waals surface area contributed by atoms with Crippen molar-refractivity contribution >= 4 is 16.6 Å². The topological polar surface area (TPSA) is 30.9 Å². The summed E-state index contributed by atoms with van der Waals surface area (Å²) in [6.07, 6.45) is 0. The summed E-state index contributed by atoms with van der Waals surface area (Å²) >= 11 is 0. The molecule has 2 nitrogen and oxygen atoms in total. The van der Waals surface area contributed by atoms with E-state index in [1.165, 1.54) is 66.7 Å². The fourth-order valence-corrected chi connectivity index (χ4v) is 9.81. The SMILES string of the molecule is CC1(C)c2ccc(-c3ccc(N)c(-c4ccc(-c5ccccc5)cc4)c3-c3ccc(-c4ccccc4)cc3)cc2-c2c1c1ccccc1n2-c1ccc(-c2ccccc2)cc1. The van der Waals surface area contributed by atoms with E-state index in [0.717, 1.165) is 44.8 Å². The lowest BCUT2D eigenvalue weighted by Gasteiger charge is -2.23. The number of fused-ring (bicyclic) bond motifs is 5. The van der Waals surface area contributed by atoms with Gasteiger partial charge >= 0.3 is 0 Å². The van der Waals surface area contributed by atoms with Crippen molar-refractivity contribution in [3.8, 4) is 83.7 Å². The maximum Gasteiger partial charge on any atom is 0.0585 e. The third kappa shape index (κ3) is 6.10. The molecule has 0 amide bonds. The molecule has 290 valence electrons. The molecule has 0 bridgehead atoms. The van der Waals surface area contributed by atoms with E-state index in [-0.39, 0.29) is 5.41 Å². The molecule has 0 fully saturated rings. The molecule has 0 saturated carbocycles. The van der Waals surface area contributed by atoms with Gasteiger partial charge in [0.1, 0.15) is 0 Å². The van der Waals surface area contributed by atoms with E-state index in [1.807, 2.05) is 0 Å². The molecule has 1 heterocycles. The van der Waals surface area contributed by atoms with Crippen LogP contribution >= 0.6 is 0 Å². The van der Waals surface area contributed by atoms with Crippen LogP contribution in [0.5, 0.6) is 0 Å².